The molecule has 3 rings (SSSR count). The largest absolute Gasteiger partial charge is 0.495 e. The molecule has 0 unspecified atom stereocenters. The van der Waals surface area contributed by atoms with Gasteiger partial charge in [0.05, 0.1) is 26.8 Å². The molecule has 1 aromatic carbocycles. The lowest BCUT2D eigenvalue weighted by molar-refractivity contribution is 0.00578. The van der Waals surface area contributed by atoms with Crippen molar-refractivity contribution in [3.8, 4) is 0 Å². The Balaban J connectivity index is 2.13. The number of rotatable bonds is 1. The van der Waals surface area contributed by atoms with Crippen molar-refractivity contribution >= 4 is 46.7 Å². The Morgan fingerprint density at radius 2 is 1.60 bits per heavy atom. The summed E-state index contributed by atoms with van der Waals surface area (Å²) in [6.45, 7) is 8.11. The van der Waals surface area contributed by atoms with Gasteiger partial charge in [0.15, 0.2) is 0 Å². The van der Waals surface area contributed by atoms with Gasteiger partial charge in [-0.1, -0.05) is 29.3 Å². The summed E-state index contributed by atoms with van der Waals surface area (Å²) in [4.78, 5) is 3.09. The molecule has 1 aliphatic heterocycles. The van der Waals surface area contributed by atoms with E-state index in [4.69, 9.17) is 32.5 Å². The first-order chi connectivity index (χ1) is 9.23. The van der Waals surface area contributed by atoms with Crippen molar-refractivity contribution in [1.29, 1.82) is 0 Å². The molecule has 1 aromatic heterocycles. The van der Waals surface area contributed by atoms with Gasteiger partial charge >= 0.3 is 7.12 Å². The number of nitrogens with one attached hydrogen (secondary N) is 1. The second-order valence-electron chi connectivity index (χ2n) is 6.11. The monoisotopic (exact) mass is 311 g/mol. The van der Waals surface area contributed by atoms with Crippen LogP contribution in [0.25, 0.3) is 10.9 Å². The number of fused-ring (bicyclic) bond motifs is 1. The van der Waals surface area contributed by atoms with E-state index in [1.54, 1.807) is 6.20 Å². The highest BCUT2D eigenvalue weighted by molar-refractivity contribution is 6.66. The van der Waals surface area contributed by atoms with Crippen molar-refractivity contribution < 1.29 is 9.31 Å². The summed E-state index contributed by atoms with van der Waals surface area (Å²) in [6.07, 6.45) is 1.73. The first kappa shape index (κ1) is 14.3. The standard InChI is InChI=1S/C14H16BCl2NO2/c1-13(2)14(3,4)20-15(19-13)8-5-6-9(16)12-11(8)10(17)7-18-12/h5-7,18H,1-4H3. The van der Waals surface area contributed by atoms with Crippen molar-refractivity contribution in [3.05, 3.63) is 28.4 Å². The molecule has 20 heavy (non-hydrogen) atoms. The van der Waals surface area contributed by atoms with Gasteiger partial charge in [0.2, 0.25) is 0 Å². The summed E-state index contributed by atoms with van der Waals surface area (Å²) in [5, 5.41) is 2.11. The summed E-state index contributed by atoms with van der Waals surface area (Å²) in [7, 11) is -0.451. The molecule has 0 bridgehead atoms. The normalized spacial score (nSPS) is 20.8. The highest BCUT2D eigenvalue weighted by Gasteiger charge is 2.52. The quantitative estimate of drug-likeness (QED) is 0.813. The van der Waals surface area contributed by atoms with E-state index >= 15 is 0 Å². The molecule has 2 heterocycles. The summed E-state index contributed by atoms with van der Waals surface area (Å²) < 4.78 is 12.2. The molecule has 1 N–H and O–H groups in total. The molecule has 0 atom stereocenters. The molecule has 1 aliphatic rings. The van der Waals surface area contributed by atoms with Gasteiger partial charge in [0.1, 0.15) is 0 Å². The van der Waals surface area contributed by atoms with Crippen molar-refractivity contribution in [2.45, 2.75) is 38.9 Å². The Morgan fingerprint density at radius 1 is 1.00 bits per heavy atom. The third-order valence-corrected chi connectivity index (χ3v) is 4.89. The Hall–Kier alpha value is -0.675. The zero-order valence-corrected chi connectivity index (χ0v) is 13.4. The topological polar surface area (TPSA) is 34.2 Å². The zero-order chi connectivity index (χ0) is 14.7. The first-order valence-electron chi connectivity index (χ1n) is 6.53. The number of H-pyrrole nitrogens is 1. The van der Waals surface area contributed by atoms with Gasteiger partial charge < -0.3 is 14.3 Å². The Labute approximate surface area is 128 Å². The molecular formula is C14H16BCl2NO2. The first-order valence-corrected chi connectivity index (χ1v) is 7.29. The molecule has 3 nitrogen and oxygen atoms in total. The van der Waals surface area contributed by atoms with E-state index in [-0.39, 0.29) is 11.2 Å². The summed E-state index contributed by atoms with van der Waals surface area (Å²) in [6, 6.07) is 3.74. The maximum atomic E-state index is 6.27. The molecule has 106 valence electrons. The highest BCUT2D eigenvalue weighted by atomic mass is 35.5. The van der Waals surface area contributed by atoms with Crippen LogP contribution in [-0.2, 0) is 9.31 Å². The smallest absolute Gasteiger partial charge is 0.399 e. The molecule has 0 radical (unpaired) electrons. The van der Waals surface area contributed by atoms with Crippen LogP contribution in [0.15, 0.2) is 18.3 Å². The van der Waals surface area contributed by atoms with Crippen molar-refractivity contribution in [1.82, 2.24) is 4.98 Å². The van der Waals surface area contributed by atoms with Crippen molar-refractivity contribution in [2.75, 3.05) is 0 Å². The van der Waals surface area contributed by atoms with Crippen LogP contribution in [0.2, 0.25) is 10.0 Å². The van der Waals surface area contributed by atoms with E-state index in [2.05, 4.69) is 4.98 Å². The minimum absolute atomic E-state index is 0.383. The van der Waals surface area contributed by atoms with Gasteiger partial charge in [-0.25, -0.2) is 0 Å². The lowest BCUT2D eigenvalue weighted by Gasteiger charge is -2.32. The van der Waals surface area contributed by atoms with Gasteiger partial charge in [-0.3, -0.25) is 0 Å². The fraction of sp³-hybridized carbons (Fsp3) is 0.429. The van der Waals surface area contributed by atoms with Crippen LogP contribution >= 0.6 is 23.2 Å². The fourth-order valence-corrected chi connectivity index (χ4v) is 2.84. The molecular weight excluding hydrogens is 296 g/mol. The van der Waals surface area contributed by atoms with E-state index < -0.39 is 7.12 Å². The van der Waals surface area contributed by atoms with Crippen LogP contribution in [0.4, 0.5) is 0 Å². The Morgan fingerprint density at radius 3 is 2.20 bits per heavy atom. The Kier molecular flexibility index (Phi) is 3.14. The van der Waals surface area contributed by atoms with Crippen molar-refractivity contribution in [2.24, 2.45) is 0 Å². The number of aromatic amines is 1. The maximum Gasteiger partial charge on any atom is 0.495 e. The third kappa shape index (κ3) is 1.98. The highest BCUT2D eigenvalue weighted by Crippen LogP contribution is 2.38. The number of aromatic nitrogens is 1. The Bertz CT molecular complexity index is 665. The molecule has 0 aliphatic carbocycles. The van der Waals surface area contributed by atoms with Crippen LogP contribution in [0.1, 0.15) is 27.7 Å². The van der Waals surface area contributed by atoms with E-state index in [9.17, 15) is 0 Å². The number of hydrogen-bond acceptors (Lipinski definition) is 2. The fourth-order valence-electron chi connectivity index (χ4n) is 2.37. The molecule has 6 heteroatoms. The lowest BCUT2D eigenvalue weighted by Crippen LogP contribution is -2.41. The molecule has 2 aromatic rings. The molecule has 1 saturated heterocycles. The van der Waals surface area contributed by atoms with Gasteiger partial charge in [0.25, 0.3) is 0 Å². The zero-order valence-electron chi connectivity index (χ0n) is 11.9. The lowest BCUT2D eigenvalue weighted by atomic mass is 9.77. The average Bonchev–Trinajstić information content (AvgIpc) is 2.80. The van der Waals surface area contributed by atoms with E-state index in [0.29, 0.717) is 10.0 Å². The SMILES string of the molecule is CC1(C)OB(c2ccc(Cl)c3[nH]cc(Cl)c23)OC1(C)C. The number of hydrogen-bond donors (Lipinski definition) is 1. The minimum Gasteiger partial charge on any atom is -0.399 e. The van der Waals surface area contributed by atoms with Gasteiger partial charge in [-0.15, -0.1) is 0 Å². The molecule has 0 amide bonds. The molecule has 1 fully saturated rings. The number of benzene rings is 1. The van der Waals surface area contributed by atoms with Crippen LogP contribution < -0.4 is 5.46 Å². The van der Waals surface area contributed by atoms with E-state index in [1.807, 2.05) is 39.8 Å². The summed E-state index contributed by atoms with van der Waals surface area (Å²) >= 11 is 12.5. The van der Waals surface area contributed by atoms with Gasteiger partial charge in [-0.2, -0.15) is 0 Å². The average molecular weight is 312 g/mol. The minimum atomic E-state index is -0.451. The van der Waals surface area contributed by atoms with E-state index in [0.717, 1.165) is 16.4 Å². The summed E-state index contributed by atoms with van der Waals surface area (Å²) in [5.74, 6) is 0. The molecule has 0 saturated carbocycles. The molecule has 0 spiro atoms. The second-order valence-corrected chi connectivity index (χ2v) is 6.93. The maximum absolute atomic E-state index is 6.27. The predicted molar refractivity (Wildman–Crippen MR) is 84.0 cm³/mol. The van der Waals surface area contributed by atoms with Gasteiger partial charge in [-0.05, 0) is 39.2 Å². The van der Waals surface area contributed by atoms with Crippen molar-refractivity contribution in [3.63, 3.8) is 0 Å². The second kappa shape index (κ2) is 4.41. The van der Waals surface area contributed by atoms with Crippen LogP contribution in [-0.4, -0.2) is 23.3 Å². The predicted octanol–water partition coefficient (Wildman–Crippen LogP) is 3.77. The third-order valence-electron chi connectivity index (χ3n) is 4.28. The summed E-state index contributed by atoms with van der Waals surface area (Å²) in [5.41, 5.74) is 0.942. The van der Waals surface area contributed by atoms with Gasteiger partial charge in [0, 0.05) is 11.6 Å². The number of halogens is 2. The van der Waals surface area contributed by atoms with E-state index in [1.165, 1.54) is 0 Å². The van der Waals surface area contributed by atoms with Crippen LogP contribution in [0.3, 0.4) is 0 Å². The van der Waals surface area contributed by atoms with Crippen LogP contribution in [0.5, 0.6) is 0 Å². The van der Waals surface area contributed by atoms with Crippen LogP contribution in [0, 0.1) is 0 Å².